The van der Waals surface area contributed by atoms with Crippen LogP contribution in [0.5, 0.6) is 0 Å². The topological polar surface area (TPSA) is 37.3 Å². The molecule has 0 spiro atoms. The van der Waals surface area contributed by atoms with Gasteiger partial charge < -0.3 is 5.11 Å². The molecule has 0 aromatic heterocycles. The summed E-state index contributed by atoms with van der Waals surface area (Å²) in [5.74, 6) is 3.07. The van der Waals surface area contributed by atoms with Gasteiger partial charge in [-0.1, -0.05) is 32.4 Å². The largest absolute Gasteiger partial charge is 0.481 e. The van der Waals surface area contributed by atoms with Crippen molar-refractivity contribution in [2.75, 3.05) is 0 Å². The third kappa shape index (κ3) is 2.39. The summed E-state index contributed by atoms with van der Waals surface area (Å²) in [6, 6.07) is 0. The Morgan fingerprint density at radius 1 is 1.13 bits per heavy atom. The van der Waals surface area contributed by atoms with Crippen molar-refractivity contribution in [1.29, 1.82) is 0 Å². The molecule has 0 aromatic rings. The Labute approximate surface area is 140 Å². The average Bonchev–Trinajstić information content (AvgIpc) is 2.89. The Morgan fingerprint density at radius 2 is 1.96 bits per heavy atom. The molecule has 0 saturated heterocycles. The number of aliphatic carboxylic acids is 1. The second-order valence-corrected chi connectivity index (χ2v) is 9.55. The third-order valence-electron chi connectivity index (χ3n) is 8.50. The van der Waals surface area contributed by atoms with Crippen LogP contribution in [0.2, 0.25) is 0 Å². The molecule has 0 radical (unpaired) electrons. The Morgan fingerprint density at radius 3 is 2.74 bits per heavy atom. The standard InChI is InChI=1S/C21H32O2/c1-20-9-3-4-17(20)16-6-5-15-12-14(13-19(22)23)7-11-21(15,2)18(16)8-10-20/h7,11,14-18H,3-6,8-10,12-13H2,1-2H3,(H,22,23)/t14?,15?,16-,17-,18+,20-,21-/m0/s1. The summed E-state index contributed by atoms with van der Waals surface area (Å²) in [6.07, 6.45) is 16.1. The van der Waals surface area contributed by atoms with Crippen molar-refractivity contribution < 1.29 is 9.90 Å². The van der Waals surface area contributed by atoms with Crippen molar-refractivity contribution in [3.8, 4) is 0 Å². The lowest BCUT2D eigenvalue weighted by molar-refractivity contribution is -0.138. The molecule has 0 aliphatic heterocycles. The zero-order valence-corrected chi connectivity index (χ0v) is 14.8. The van der Waals surface area contributed by atoms with Gasteiger partial charge in [0.15, 0.2) is 0 Å². The molecule has 128 valence electrons. The molecule has 1 N–H and O–H groups in total. The first-order chi connectivity index (χ1) is 10.9. The van der Waals surface area contributed by atoms with E-state index in [-0.39, 0.29) is 5.92 Å². The first-order valence-electron chi connectivity index (χ1n) is 9.83. The third-order valence-corrected chi connectivity index (χ3v) is 8.50. The molecule has 23 heavy (non-hydrogen) atoms. The first kappa shape index (κ1) is 15.7. The van der Waals surface area contributed by atoms with Crippen molar-refractivity contribution in [1.82, 2.24) is 0 Å². The van der Waals surface area contributed by atoms with Crippen molar-refractivity contribution in [3.63, 3.8) is 0 Å². The van der Waals surface area contributed by atoms with Gasteiger partial charge in [-0.3, -0.25) is 4.79 Å². The molecule has 2 nitrogen and oxygen atoms in total. The molecule has 3 saturated carbocycles. The molecule has 4 rings (SSSR count). The van der Waals surface area contributed by atoms with E-state index >= 15 is 0 Å². The summed E-state index contributed by atoms with van der Waals surface area (Å²) in [5, 5.41) is 9.11. The van der Waals surface area contributed by atoms with Crippen LogP contribution in [0.15, 0.2) is 12.2 Å². The minimum absolute atomic E-state index is 0.266. The van der Waals surface area contributed by atoms with E-state index in [1.54, 1.807) is 0 Å². The van der Waals surface area contributed by atoms with Crippen LogP contribution in [0.25, 0.3) is 0 Å². The van der Waals surface area contributed by atoms with Gasteiger partial charge in [-0.05, 0) is 85.4 Å². The van der Waals surface area contributed by atoms with Gasteiger partial charge in [0, 0.05) is 0 Å². The molecule has 0 bridgehead atoms. The summed E-state index contributed by atoms with van der Waals surface area (Å²) >= 11 is 0. The fourth-order valence-electron chi connectivity index (χ4n) is 7.26. The maximum atomic E-state index is 11.1. The van der Waals surface area contributed by atoms with Gasteiger partial charge in [-0.2, -0.15) is 0 Å². The van der Waals surface area contributed by atoms with Crippen LogP contribution >= 0.6 is 0 Å². The maximum Gasteiger partial charge on any atom is 0.303 e. The highest BCUT2D eigenvalue weighted by atomic mass is 16.4. The van der Waals surface area contributed by atoms with E-state index in [4.69, 9.17) is 5.11 Å². The van der Waals surface area contributed by atoms with Gasteiger partial charge in [0.05, 0.1) is 6.42 Å². The predicted octanol–water partition coefficient (Wildman–Crippen LogP) is 5.29. The summed E-state index contributed by atoms with van der Waals surface area (Å²) in [5.41, 5.74) is 0.969. The van der Waals surface area contributed by atoms with Crippen molar-refractivity contribution in [3.05, 3.63) is 12.2 Å². The van der Waals surface area contributed by atoms with E-state index in [2.05, 4.69) is 26.0 Å². The summed E-state index contributed by atoms with van der Waals surface area (Å²) in [6.45, 7) is 5.06. The van der Waals surface area contributed by atoms with Crippen molar-refractivity contribution in [2.45, 2.75) is 71.6 Å². The number of carbonyl (C=O) groups is 1. The van der Waals surface area contributed by atoms with Gasteiger partial charge in [0.25, 0.3) is 0 Å². The molecule has 0 heterocycles. The molecule has 4 aliphatic rings. The minimum atomic E-state index is -0.642. The van der Waals surface area contributed by atoms with Crippen LogP contribution < -0.4 is 0 Å². The van der Waals surface area contributed by atoms with E-state index in [9.17, 15) is 4.79 Å². The fourth-order valence-corrected chi connectivity index (χ4v) is 7.26. The molecule has 3 fully saturated rings. The Kier molecular flexibility index (Phi) is 3.66. The zero-order chi connectivity index (χ0) is 16.2. The highest BCUT2D eigenvalue weighted by Gasteiger charge is 2.56. The number of hydrogen-bond donors (Lipinski definition) is 1. The number of rotatable bonds is 2. The van der Waals surface area contributed by atoms with Crippen LogP contribution in [0.4, 0.5) is 0 Å². The van der Waals surface area contributed by atoms with Gasteiger partial charge >= 0.3 is 5.97 Å². The lowest BCUT2D eigenvalue weighted by Gasteiger charge is -2.59. The number of carboxylic acid groups (broad SMARTS) is 1. The Bertz CT molecular complexity index is 524. The van der Waals surface area contributed by atoms with E-state index in [0.29, 0.717) is 23.2 Å². The van der Waals surface area contributed by atoms with Crippen LogP contribution in [0.3, 0.4) is 0 Å². The predicted molar refractivity (Wildman–Crippen MR) is 92.0 cm³/mol. The van der Waals surface area contributed by atoms with E-state index in [1.165, 1.54) is 44.9 Å². The number of hydrogen-bond acceptors (Lipinski definition) is 1. The van der Waals surface area contributed by atoms with Gasteiger partial charge in [-0.25, -0.2) is 0 Å². The van der Waals surface area contributed by atoms with E-state index < -0.39 is 5.97 Å². The average molecular weight is 316 g/mol. The van der Waals surface area contributed by atoms with E-state index in [0.717, 1.165) is 24.2 Å². The lowest BCUT2D eigenvalue weighted by Crippen LogP contribution is -2.51. The Hall–Kier alpha value is -0.790. The second kappa shape index (κ2) is 5.36. The smallest absolute Gasteiger partial charge is 0.303 e. The number of carboxylic acids is 1. The zero-order valence-electron chi connectivity index (χ0n) is 14.8. The van der Waals surface area contributed by atoms with Gasteiger partial charge in [0.1, 0.15) is 0 Å². The first-order valence-corrected chi connectivity index (χ1v) is 9.83. The molecule has 2 unspecified atom stereocenters. The Balaban J connectivity index is 1.58. The molecular weight excluding hydrogens is 284 g/mol. The molecule has 7 atom stereocenters. The molecular formula is C21H32O2. The van der Waals surface area contributed by atoms with Crippen LogP contribution in [-0.4, -0.2) is 11.1 Å². The lowest BCUT2D eigenvalue weighted by atomic mass is 9.46. The quantitative estimate of drug-likeness (QED) is 0.703. The maximum absolute atomic E-state index is 11.1. The number of allylic oxidation sites excluding steroid dienone is 2. The highest BCUT2D eigenvalue weighted by Crippen LogP contribution is 2.65. The normalized spacial score (nSPS) is 51.7. The van der Waals surface area contributed by atoms with Crippen molar-refractivity contribution in [2.24, 2.45) is 40.4 Å². The summed E-state index contributed by atoms with van der Waals surface area (Å²) < 4.78 is 0. The SMILES string of the molecule is C[C@@]12CCC[C@H]1[C@@H]1CCC3CC(CC(=O)O)C=C[C@]3(C)[C@@H]1CC2. The summed E-state index contributed by atoms with van der Waals surface area (Å²) in [4.78, 5) is 11.1. The van der Waals surface area contributed by atoms with Crippen LogP contribution in [0, 0.1) is 40.4 Å². The molecule has 2 heteroatoms. The monoisotopic (exact) mass is 316 g/mol. The van der Waals surface area contributed by atoms with Gasteiger partial charge in [0.2, 0.25) is 0 Å². The van der Waals surface area contributed by atoms with Gasteiger partial charge in [-0.15, -0.1) is 0 Å². The van der Waals surface area contributed by atoms with Crippen molar-refractivity contribution >= 4 is 5.97 Å². The highest BCUT2D eigenvalue weighted by molar-refractivity contribution is 5.67. The van der Waals surface area contributed by atoms with Crippen LogP contribution in [0.1, 0.15) is 71.6 Å². The second-order valence-electron chi connectivity index (χ2n) is 9.55. The summed E-state index contributed by atoms with van der Waals surface area (Å²) in [7, 11) is 0. The fraction of sp³-hybridized carbons (Fsp3) is 0.857. The molecule has 4 aliphatic carbocycles. The minimum Gasteiger partial charge on any atom is -0.481 e. The van der Waals surface area contributed by atoms with E-state index in [1.807, 2.05) is 0 Å². The van der Waals surface area contributed by atoms with Crippen LogP contribution in [-0.2, 0) is 4.79 Å². The number of fused-ring (bicyclic) bond motifs is 5. The molecule has 0 amide bonds. The molecule has 0 aromatic carbocycles.